The molecule has 0 fully saturated rings. The van der Waals surface area contributed by atoms with Gasteiger partial charge in [-0.05, 0) is 55.3 Å². The van der Waals surface area contributed by atoms with Gasteiger partial charge in [-0.3, -0.25) is 0 Å². The first-order valence-corrected chi connectivity index (χ1v) is 8.26. The van der Waals surface area contributed by atoms with Gasteiger partial charge in [0.25, 0.3) is 10.0 Å². The van der Waals surface area contributed by atoms with Gasteiger partial charge in [0.2, 0.25) is 0 Å². The second-order valence-corrected chi connectivity index (χ2v) is 6.90. The Morgan fingerprint density at radius 2 is 1.86 bits per heavy atom. The van der Waals surface area contributed by atoms with E-state index >= 15 is 0 Å². The van der Waals surface area contributed by atoms with Crippen molar-refractivity contribution in [1.29, 1.82) is 0 Å². The van der Waals surface area contributed by atoms with E-state index in [-0.39, 0.29) is 10.6 Å². The predicted octanol–water partition coefficient (Wildman–Crippen LogP) is 2.97. The summed E-state index contributed by atoms with van der Waals surface area (Å²) in [5, 5.41) is 13.7. The Balaban J connectivity index is 2.20. The Morgan fingerprint density at radius 1 is 1.14 bits per heavy atom. The summed E-state index contributed by atoms with van der Waals surface area (Å²) in [5.74, 6) is -0.0430. The Kier molecular flexibility index (Phi) is 4.73. The van der Waals surface area contributed by atoms with Crippen molar-refractivity contribution in [2.45, 2.75) is 18.7 Å². The number of halogens is 1. The van der Waals surface area contributed by atoms with Crippen LogP contribution >= 0.6 is 11.6 Å². The number of phenolic OH excluding ortho intramolecular Hbond substituents is 1. The molecular weight excluding hydrogens is 324 g/mol. The van der Waals surface area contributed by atoms with Crippen LogP contribution in [0, 0.1) is 13.8 Å². The molecule has 0 spiro atoms. The van der Waals surface area contributed by atoms with Gasteiger partial charge < -0.3 is 5.11 Å². The molecule has 7 heteroatoms. The third-order valence-electron chi connectivity index (χ3n) is 3.15. The van der Waals surface area contributed by atoms with Crippen molar-refractivity contribution in [1.82, 2.24) is 4.83 Å². The molecule has 2 N–H and O–H groups in total. The van der Waals surface area contributed by atoms with E-state index < -0.39 is 10.0 Å². The molecule has 0 aromatic heterocycles. The molecular formula is C15H15ClN2O3S. The number of phenols is 1. The fourth-order valence-electron chi connectivity index (χ4n) is 1.73. The van der Waals surface area contributed by atoms with Gasteiger partial charge >= 0.3 is 0 Å². The largest absolute Gasteiger partial charge is 0.507 e. The highest BCUT2D eigenvalue weighted by Gasteiger charge is 2.13. The molecule has 0 bridgehead atoms. The van der Waals surface area contributed by atoms with Gasteiger partial charge in [0.1, 0.15) is 5.75 Å². The topological polar surface area (TPSA) is 78.8 Å². The van der Waals surface area contributed by atoms with E-state index in [1.54, 1.807) is 12.1 Å². The van der Waals surface area contributed by atoms with Crippen molar-refractivity contribution >= 4 is 27.8 Å². The Hall–Kier alpha value is -2.05. The average Bonchev–Trinajstić information content (AvgIpc) is 2.45. The number of hydrogen-bond donors (Lipinski definition) is 2. The molecule has 0 radical (unpaired) electrons. The van der Waals surface area contributed by atoms with E-state index in [2.05, 4.69) is 9.93 Å². The van der Waals surface area contributed by atoms with Crippen molar-refractivity contribution in [3.05, 3.63) is 58.1 Å². The van der Waals surface area contributed by atoms with Crippen LogP contribution in [0.15, 0.2) is 46.4 Å². The van der Waals surface area contributed by atoms with Crippen LogP contribution in [0.5, 0.6) is 5.75 Å². The van der Waals surface area contributed by atoms with Gasteiger partial charge in [-0.25, -0.2) is 4.83 Å². The number of nitrogens with zero attached hydrogens (tertiary/aromatic N) is 1. The van der Waals surface area contributed by atoms with E-state index in [0.717, 1.165) is 11.1 Å². The smallest absolute Gasteiger partial charge is 0.276 e. The van der Waals surface area contributed by atoms with Crippen LogP contribution in [0.3, 0.4) is 0 Å². The van der Waals surface area contributed by atoms with Gasteiger partial charge in [0.05, 0.1) is 11.1 Å². The standard InChI is InChI=1S/C15H15ClN2O3S/c1-10-3-5-14(7-11(10)2)22(20,21)18-17-9-12-8-13(16)4-6-15(12)19/h3-9,18-19H,1-2H3. The first-order valence-electron chi connectivity index (χ1n) is 6.40. The van der Waals surface area contributed by atoms with Crippen LogP contribution in [0.25, 0.3) is 0 Å². The number of benzene rings is 2. The van der Waals surface area contributed by atoms with Crippen LogP contribution < -0.4 is 4.83 Å². The van der Waals surface area contributed by atoms with Crippen LogP contribution in [0.1, 0.15) is 16.7 Å². The minimum absolute atomic E-state index is 0.0430. The molecule has 0 aliphatic rings. The van der Waals surface area contributed by atoms with Crippen molar-refractivity contribution in [3.63, 3.8) is 0 Å². The van der Waals surface area contributed by atoms with E-state index in [9.17, 15) is 13.5 Å². The third-order valence-corrected chi connectivity index (χ3v) is 4.61. The first-order chi connectivity index (χ1) is 10.3. The van der Waals surface area contributed by atoms with Crippen molar-refractivity contribution in [2.24, 2.45) is 5.10 Å². The monoisotopic (exact) mass is 338 g/mol. The first kappa shape index (κ1) is 16.3. The van der Waals surface area contributed by atoms with Crippen LogP contribution in [0.4, 0.5) is 0 Å². The summed E-state index contributed by atoms with van der Waals surface area (Å²) in [7, 11) is -3.76. The van der Waals surface area contributed by atoms with Crippen LogP contribution in [0.2, 0.25) is 5.02 Å². The van der Waals surface area contributed by atoms with Gasteiger partial charge in [-0.2, -0.15) is 13.5 Å². The van der Waals surface area contributed by atoms with E-state index in [0.29, 0.717) is 10.6 Å². The predicted molar refractivity (Wildman–Crippen MR) is 86.9 cm³/mol. The molecule has 116 valence electrons. The molecule has 0 atom stereocenters. The summed E-state index contributed by atoms with van der Waals surface area (Å²) in [6.07, 6.45) is 1.19. The minimum atomic E-state index is -3.76. The van der Waals surface area contributed by atoms with Gasteiger partial charge in [-0.15, -0.1) is 0 Å². The minimum Gasteiger partial charge on any atom is -0.507 e. The lowest BCUT2D eigenvalue weighted by atomic mass is 10.1. The van der Waals surface area contributed by atoms with Crippen molar-refractivity contribution < 1.29 is 13.5 Å². The quantitative estimate of drug-likeness (QED) is 0.664. The molecule has 0 saturated carbocycles. The lowest BCUT2D eigenvalue weighted by Gasteiger charge is -2.06. The number of sulfonamides is 1. The maximum Gasteiger partial charge on any atom is 0.276 e. The average molecular weight is 339 g/mol. The second kappa shape index (κ2) is 6.37. The number of aromatic hydroxyl groups is 1. The third kappa shape index (κ3) is 3.78. The molecule has 0 unspecified atom stereocenters. The zero-order valence-corrected chi connectivity index (χ0v) is 13.6. The highest BCUT2D eigenvalue weighted by Crippen LogP contribution is 2.19. The number of aryl methyl sites for hydroxylation is 2. The molecule has 5 nitrogen and oxygen atoms in total. The Morgan fingerprint density at radius 3 is 2.55 bits per heavy atom. The Bertz CT molecular complexity index is 833. The molecule has 2 rings (SSSR count). The highest BCUT2D eigenvalue weighted by atomic mass is 35.5. The summed E-state index contributed by atoms with van der Waals surface area (Å²) in [6.45, 7) is 3.74. The summed E-state index contributed by atoms with van der Waals surface area (Å²) >= 11 is 5.80. The van der Waals surface area contributed by atoms with Crippen LogP contribution in [-0.4, -0.2) is 19.7 Å². The summed E-state index contributed by atoms with van der Waals surface area (Å²) < 4.78 is 24.2. The molecule has 0 amide bonds. The highest BCUT2D eigenvalue weighted by molar-refractivity contribution is 7.89. The zero-order chi connectivity index (χ0) is 16.3. The fraction of sp³-hybridized carbons (Fsp3) is 0.133. The summed E-state index contributed by atoms with van der Waals surface area (Å²) in [6, 6.07) is 9.22. The number of hydrazone groups is 1. The molecule has 0 saturated heterocycles. The molecule has 0 heterocycles. The van der Waals surface area contributed by atoms with Gasteiger partial charge in [0.15, 0.2) is 0 Å². The number of rotatable bonds is 4. The molecule has 0 aliphatic carbocycles. The zero-order valence-electron chi connectivity index (χ0n) is 12.0. The molecule has 2 aromatic rings. The maximum absolute atomic E-state index is 12.1. The van der Waals surface area contributed by atoms with Gasteiger partial charge in [0, 0.05) is 10.6 Å². The van der Waals surface area contributed by atoms with E-state index in [4.69, 9.17) is 11.6 Å². The molecule has 0 aliphatic heterocycles. The fourth-order valence-corrected chi connectivity index (χ4v) is 2.78. The normalized spacial score (nSPS) is 11.8. The van der Waals surface area contributed by atoms with E-state index in [1.165, 1.54) is 30.5 Å². The van der Waals surface area contributed by atoms with Crippen molar-refractivity contribution in [3.8, 4) is 5.75 Å². The molecule has 22 heavy (non-hydrogen) atoms. The number of hydrogen-bond acceptors (Lipinski definition) is 4. The van der Waals surface area contributed by atoms with Gasteiger partial charge in [-0.1, -0.05) is 17.7 Å². The second-order valence-electron chi connectivity index (χ2n) is 4.80. The lowest BCUT2D eigenvalue weighted by molar-refractivity contribution is 0.474. The van der Waals surface area contributed by atoms with E-state index in [1.807, 2.05) is 13.8 Å². The lowest BCUT2D eigenvalue weighted by Crippen LogP contribution is -2.18. The maximum atomic E-state index is 12.1. The SMILES string of the molecule is Cc1ccc(S(=O)(=O)NN=Cc2cc(Cl)ccc2O)cc1C. The van der Waals surface area contributed by atoms with Crippen LogP contribution in [-0.2, 0) is 10.0 Å². The number of nitrogens with one attached hydrogen (secondary N) is 1. The summed E-state index contributed by atoms with van der Waals surface area (Å²) in [4.78, 5) is 2.23. The molecule has 2 aromatic carbocycles. The summed E-state index contributed by atoms with van der Waals surface area (Å²) in [5.41, 5.74) is 2.20. The Labute approximate surface area is 134 Å². The van der Waals surface area contributed by atoms with Crippen molar-refractivity contribution in [2.75, 3.05) is 0 Å².